The van der Waals surface area contributed by atoms with Crippen molar-refractivity contribution in [2.45, 2.75) is 69.1 Å². The molecule has 0 unspecified atom stereocenters. The molecule has 1 spiro atoms. The second-order valence-corrected chi connectivity index (χ2v) is 19.8. The van der Waals surface area contributed by atoms with E-state index in [2.05, 4.69) is 32.2 Å². The monoisotopic (exact) mass is 751 g/mol. The van der Waals surface area contributed by atoms with E-state index in [9.17, 15) is 14.7 Å². The fourth-order valence-corrected chi connectivity index (χ4v) is 13.3. The molecule has 3 aromatic carbocycles. The molecule has 54 heavy (non-hydrogen) atoms. The zero-order valence-corrected chi connectivity index (χ0v) is 32.8. The SMILES string of the molecule is COc1ccc([Si](C)(C)[C@H]2[C@H](CC(=O)N3CCC[C@H]3CO)O[C@@]3(C(=O)N(Cc4cccc(-n5cccc(OC)c5=O)c4)c4ccc(OC)cc43)[C@@H]2C)cc1. The first-order chi connectivity index (χ1) is 26.0. The molecule has 5 atom stereocenters. The average molecular weight is 752 g/mol. The maximum Gasteiger partial charge on any atom is 0.297 e. The number of hydrogen-bond acceptors (Lipinski definition) is 8. The van der Waals surface area contributed by atoms with Gasteiger partial charge in [-0.2, -0.15) is 0 Å². The van der Waals surface area contributed by atoms with E-state index >= 15 is 4.79 Å². The number of aliphatic hydroxyl groups is 1. The molecule has 4 aromatic rings. The number of carbonyl (C=O) groups is 2. The quantitative estimate of drug-likeness (QED) is 0.213. The van der Waals surface area contributed by atoms with Gasteiger partial charge < -0.3 is 33.9 Å². The summed E-state index contributed by atoms with van der Waals surface area (Å²) in [6.45, 7) is 7.41. The molecule has 1 aromatic heterocycles. The van der Waals surface area contributed by atoms with Gasteiger partial charge in [0.15, 0.2) is 11.4 Å². The summed E-state index contributed by atoms with van der Waals surface area (Å²) in [7, 11) is 2.21. The Morgan fingerprint density at radius 2 is 1.69 bits per heavy atom. The highest BCUT2D eigenvalue weighted by Gasteiger charge is 2.66. The van der Waals surface area contributed by atoms with Crippen LogP contribution in [-0.2, 0) is 26.5 Å². The van der Waals surface area contributed by atoms with Gasteiger partial charge in [-0.3, -0.25) is 19.0 Å². The van der Waals surface area contributed by atoms with Gasteiger partial charge >= 0.3 is 0 Å². The molecule has 0 radical (unpaired) electrons. The largest absolute Gasteiger partial charge is 0.497 e. The number of benzene rings is 3. The number of carbonyl (C=O) groups excluding carboxylic acids is 2. The summed E-state index contributed by atoms with van der Waals surface area (Å²) in [5.74, 6) is 1.00. The van der Waals surface area contributed by atoms with Gasteiger partial charge in [0, 0.05) is 29.9 Å². The van der Waals surface area contributed by atoms with E-state index in [0.29, 0.717) is 29.2 Å². The molecule has 7 rings (SSSR count). The predicted octanol–water partition coefficient (Wildman–Crippen LogP) is 5.00. The number of aliphatic hydroxyl groups excluding tert-OH is 1. The van der Waals surface area contributed by atoms with Gasteiger partial charge in [0.05, 0.1) is 66.8 Å². The predicted molar refractivity (Wildman–Crippen MR) is 209 cm³/mol. The molecule has 2 amide bonds. The summed E-state index contributed by atoms with van der Waals surface area (Å²) in [5.41, 5.74) is 1.08. The number of likely N-dealkylation sites (tertiary alicyclic amines) is 1. The smallest absolute Gasteiger partial charge is 0.297 e. The zero-order valence-electron chi connectivity index (χ0n) is 31.8. The van der Waals surface area contributed by atoms with E-state index in [-0.39, 0.29) is 60.2 Å². The van der Waals surface area contributed by atoms with Crippen LogP contribution in [0.3, 0.4) is 0 Å². The van der Waals surface area contributed by atoms with E-state index < -0.39 is 19.8 Å². The highest BCUT2D eigenvalue weighted by molar-refractivity contribution is 6.91. The fourth-order valence-electron chi connectivity index (χ4n) is 9.24. The maximum atomic E-state index is 15.3. The number of amides is 2. The Kier molecular flexibility index (Phi) is 10.2. The standard InChI is InChI=1S/C42H49N3O8Si/c1-27-39(54(5,6)33-17-14-31(50-2)15-18-33)37(24-38(47)43-20-8-12-30(43)26-46)53-42(27)34-23-32(51-3)16-19-35(34)45(41(42)49)25-28-10-7-11-29(22-28)44-21-9-13-36(52-4)40(44)48/h7,9-11,13-19,21-23,27,30,37,39,46H,8,12,20,24-26H2,1-6H3/t27-,30+,37+,39-,42+/m1/s1. The molecule has 0 aliphatic carbocycles. The molecule has 4 heterocycles. The van der Waals surface area contributed by atoms with Crippen molar-refractivity contribution in [2.75, 3.05) is 39.4 Å². The van der Waals surface area contributed by atoms with Gasteiger partial charge in [0.25, 0.3) is 11.5 Å². The van der Waals surface area contributed by atoms with Gasteiger partial charge in [-0.05, 0) is 78.5 Å². The van der Waals surface area contributed by atoms with E-state index in [1.54, 1.807) is 42.3 Å². The van der Waals surface area contributed by atoms with Gasteiger partial charge in [-0.1, -0.05) is 49.5 Å². The normalized spacial score (nSPS) is 23.6. The van der Waals surface area contributed by atoms with E-state index in [1.165, 1.54) is 16.9 Å². The Hall–Kier alpha value is -4.91. The second kappa shape index (κ2) is 14.7. The van der Waals surface area contributed by atoms with Crippen molar-refractivity contribution in [3.63, 3.8) is 0 Å². The van der Waals surface area contributed by atoms with Gasteiger partial charge in [0.1, 0.15) is 11.5 Å². The summed E-state index contributed by atoms with van der Waals surface area (Å²) < 4.78 is 25.2. The van der Waals surface area contributed by atoms with Crippen LogP contribution < -0.4 is 29.9 Å². The fraction of sp³-hybridized carbons (Fsp3) is 0.405. The van der Waals surface area contributed by atoms with Crippen LogP contribution in [0.2, 0.25) is 18.6 Å². The third-order valence-electron chi connectivity index (χ3n) is 12.0. The Labute approximate surface area is 317 Å². The summed E-state index contributed by atoms with van der Waals surface area (Å²) in [4.78, 5) is 46.1. The molecule has 0 bridgehead atoms. The molecule has 11 nitrogen and oxygen atoms in total. The van der Waals surface area contributed by atoms with Crippen LogP contribution in [0.5, 0.6) is 17.2 Å². The Bertz CT molecular complexity index is 2100. The summed E-state index contributed by atoms with van der Waals surface area (Å²) in [6.07, 6.45) is 2.83. The van der Waals surface area contributed by atoms with Crippen molar-refractivity contribution < 1.29 is 33.6 Å². The number of rotatable bonds is 11. The first kappa shape index (κ1) is 37.4. The molecule has 0 saturated carbocycles. The van der Waals surface area contributed by atoms with Crippen LogP contribution in [0.4, 0.5) is 5.69 Å². The number of aromatic nitrogens is 1. The van der Waals surface area contributed by atoms with Crippen molar-refractivity contribution in [1.29, 1.82) is 0 Å². The minimum Gasteiger partial charge on any atom is -0.497 e. The number of ether oxygens (including phenoxy) is 4. The molecular formula is C42H49N3O8Si. The number of anilines is 1. The number of hydrogen-bond donors (Lipinski definition) is 1. The van der Waals surface area contributed by atoms with Gasteiger partial charge in [-0.25, -0.2) is 0 Å². The van der Waals surface area contributed by atoms with Crippen LogP contribution in [0.15, 0.2) is 89.9 Å². The zero-order chi connectivity index (χ0) is 38.4. The van der Waals surface area contributed by atoms with E-state index in [1.807, 2.05) is 54.6 Å². The molecular weight excluding hydrogens is 703 g/mol. The lowest BCUT2D eigenvalue weighted by molar-refractivity contribution is -0.150. The van der Waals surface area contributed by atoms with Gasteiger partial charge in [0.2, 0.25) is 5.91 Å². The first-order valence-corrected chi connectivity index (χ1v) is 21.6. The van der Waals surface area contributed by atoms with Crippen molar-refractivity contribution in [1.82, 2.24) is 9.47 Å². The second-order valence-electron chi connectivity index (χ2n) is 15.1. The Morgan fingerprint density at radius 3 is 2.39 bits per heavy atom. The summed E-state index contributed by atoms with van der Waals surface area (Å²) in [5, 5.41) is 11.2. The number of pyridine rings is 1. The van der Waals surface area contributed by atoms with Crippen molar-refractivity contribution in [3.05, 3.63) is 107 Å². The summed E-state index contributed by atoms with van der Waals surface area (Å²) >= 11 is 0. The van der Waals surface area contributed by atoms with Gasteiger partial charge in [-0.15, -0.1) is 0 Å². The molecule has 2 saturated heterocycles. The number of nitrogens with zero attached hydrogens (tertiary/aromatic N) is 3. The number of fused-ring (bicyclic) bond motifs is 2. The lowest BCUT2D eigenvalue weighted by atomic mass is 9.82. The van der Waals surface area contributed by atoms with Crippen LogP contribution >= 0.6 is 0 Å². The minimum absolute atomic E-state index is 0.0666. The first-order valence-electron chi connectivity index (χ1n) is 18.6. The molecule has 3 aliphatic rings. The minimum atomic E-state index is -2.51. The van der Waals surface area contributed by atoms with Crippen LogP contribution in [-0.4, -0.2) is 81.1 Å². The van der Waals surface area contributed by atoms with E-state index in [4.69, 9.17) is 18.9 Å². The van der Waals surface area contributed by atoms with Crippen molar-refractivity contribution in [2.24, 2.45) is 5.92 Å². The lowest BCUT2D eigenvalue weighted by Crippen LogP contribution is -2.52. The molecule has 284 valence electrons. The number of methoxy groups -OCH3 is 3. The third-order valence-corrected chi connectivity index (χ3v) is 16.3. The van der Waals surface area contributed by atoms with Crippen LogP contribution in [0.1, 0.15) is 37.3 Å². The van der Waals surface area contributed by atoms with Crippen LogP contribution in [0, 0.1) is 5.92 Å². The maximum absolute atomic E-state index is 15.3. The summed E-state index contributed by atoms with van der Waals surface area (Å²) in [6, 6.07) is 24.5. The highest BCUT2D eigenvalue weighted by Crippen LogP contribution is 2.60. The molecule has 2 fully saturated rings. The Morgan fingerprint density at radius 1 is 0.944 bits per heavy atom. The Balaban J connectivity index is 1.31. The molecule has 3 aliphatic heterocycles. The van der Waals surface area contributed by atoms with Crippen molar-refractivity contribution in [3.8, 4) is 22.9 Å². The van der Waals surface area contributed by atoms with Crippen LogP contribution in [0.25, 0.3) is 5.69 Å². The average Bonchev–Trinajstić information content (AvgIpc) is 3.85. The highest BCUT2D eigenvalue weighted by atomic mass is 28.3. The molecule has 1 N–H and O–H groups in total. The van der Waals surface area contributed by atoms with Crippen molar-refractivity contribution >= 4 is 30.8 Å². The molecule has 12 heteroatoms. The topological polar surface area (TPSA) is 120 Å². The third kappa shape index (κ3) is 6.19. The lowest BCUT2D eigenvalue weighted by Gasteiger charge is -2.37. The van der Waals surface area contributed by atoms with E-state index in [0.717, 1.165) is 24.2 Å².